The molecule has 0 atom stereocenters. The lowest BCUT2D eigenvalue weighted by Gasteiger charge is -2.09. The van der Waals surface area contributed by atoms with E-state index >= 15 is 0 Å². The molecule has 26 heavy (non-hydrogen) atoms. The second-order valence-electron chi connectivity index (χ2n) is 6.72. The third kappa shape index (κ3) is 6.26. The number of hydrogen-bond donors (Lipinski definition) is 0. The van der Waals surface area contributed by atoms with Gasteiger partial charge in [0.15, 0.2) is 5.78 Å². The normalized spacial score (nSPS) is 10.5. The first-order valence-electron chi connectivity index (χ1n) is 8.78. The van der Waals surface area contributed by atoms with Gasteiger partial charge in [-0.2, -0.15) is 0 Å². The van der Waals surface area contributed by atoms with Crippen molar-refractivity contribution in [1.29, 1.82) is 0 Å². The van der Waals surface area contributed by atoms with E-state index in [4.69, 9.17) is 23.2 Å². The number of carbonyl (C=O) groups excluding carboxylic acids is 2. The van der Waals surface area contributed by atoms with Gasteiger partial charge in [-0.05, 0) is 53.3 Å². The van der Waals surface area contributed by atoms with E-state index in [-0.39, 0.29) is 5.78 Å². The molecular weight excluding hydrogens is 367 g/mol. The van der Waals surface area contributed by atoms with Gasteiger partial charge in [-0.25, -0.2) is 0 Å². The van der Waals surface area contributed by atoms with Crippen molar-refractivity contribution in [3.63, 3.8) is 0 Å². The summed E-state index contributed by atoms with van der Waals surface area (Å²) in [6.07, 6.45) is 1.38. The largest absolute Gasteiger partial charge is 0.298 e. The van der Waals surface area contributed by atoms with Gasteiger partial charge in [0.2, 0.25) is 0 Å². The van der Waals surface area contributed by atoms with Crippen molar-refractivity contribution in [1.82, 2.24) is 0 Å². The minimum Gasteiger partial charge on any atom is -0.298 e. The molecule has 0 fully saturated rings. The van der Waals surface area contributed by atoms with E-state index in [0.717, 1.165) is 33.0 Å². The van der Waals surface area contributed by atoms with Gasteiger partial charge in [0.25, 0.3) is 0 Å². The maximum atomic E-state index is 11.5. The fourth-order valence-electron chi connectivity index (χ4n) is 2.44. The summed E-state index contributed by atoms with van der Waals surface area (Å²) in [5.41, 5.74) is 3.52. The third-order valence-electron chi connectivity index (χ3n) is 4.04. The smallest absolute Gasteiger partial charge is 0.162 e. The van der Waals surface area contributed by atoms with Crippen molar-refractivity contribution in [2.24, 2.45) is 0 Å². The van der Waals surface area contributed by atoms with E-state index in [1.54, 1.807) is 24.3 Å². The van der Waals surface area contributed by atoms with E-state index < -0.39 is 0 Å². The highest BCUT2D eigenvalue weighted by Crippen LogP contribution is 2.26. The zero-order valence-corrected chi connectivity index (χ0v) is 17.5. The summed E-state index contributed by atoms with van der Waals surface area (Å²) in [5, 5.41) is 1.48. The van der Waals surface area contributed by atoms with Crippen LogP contribution < -0.4 is 0 Å². The van der Waals surface area contributed by atoms with Gasteiger partial charge in [-0.3, -0.25) is 9.59 Å². The van der Waals surface area contributed by atoms with Crippen molar-refractivity contribution in [3.05, 3.63) is 68.7 Å². The quantitative estimate of drug-likeness (QED) is 0.394. The van der Waals surface area contributed by atoms with Crippen LogP contribution >= 0.6 is 23.2 Å². The first kappa shape index (κ1) is 22.4. The summed E-state index contributed by atoms with van der Waals surface area (Å²) in [7, 11) is 0. The molecule has 2 aromatic rings. The number of aldehydes is 1. The van der Waals surface area contributed by atoms with Gasteiger partial charge in [0, 0.05) is 27.6 Å². The average molecular weight is 393 g/mol. The molecule has 0 heterocycles. The first-order chi connectivity index (χ1) is 12.2. The molecule has 4 heteroatoms. The molecule has 0 aromatic heterocycles. The summed E-state index contributed by atoms with van der Waals surface area (Å²) in [6.45, 7) is 10.1. The van der Waals surface area contributed by atoms with Gasteiger partial charge in [-0.15, -0.1) is 0 Å². The zero-order valence-electron chi connectivity index (χ0n) is 16.0. The summed E-state index contributed by atoms with van der Waals surface area (Å²) in [4.78, 5) is 21.9. The molecular formula is C22H26Cl2O2. The molecule has 0 saturated carbocycles. The highest BCUT2D eigenvalue weighted by Gasteiger charge is 2.09. The maximum Gasteiger partial charge on any atom is 0.162 e. The number of hydrogen-bond acceptors (Lipinski definition) is 2. The highest BCUT2D eigenvalue weighted by molar-refractivity contribution is 6.31. The lowest BCUT2D eigenvalue weighted by molar-refractivity contribution is 0.0987. The summed E-state index contributed by atoms with van der Waals surface area (Å²) >= 11 is 12.0. The van der Waals surface area contributed by atoms with Gasteiger partial charge < -0.3 is 0 Å². The molecule has 2 nitrogen and oxygen atoms in total. The molecule has 0 N–H and O–H groups in total. The molecule has 0 amide bonds. The Morgan fingerprint density at radius 3 is 1.88 bits per heavy atom. The summed E-state index contributed by atoms with van der Waals surface area (Å²) < 4.78 is 0. The molecule has 0 radical (unpaired) electrons. The molecule has 0 saturated heterocycles. The fourth-order valence-corrected chi connectivity index (χ4v) is 3.11. The molecule has 140 valence electrons. The van der Waals surface area contributed by atoms with Gasteiger partial charge in [0.05, 0.1) is 0 Å². The van der Waals surface area contributed by atoms with E-state index in [0.29, 0.717) is 23.8 Å². The number of rotatable bonds is 5. The maximum absolute atomic E-state index is 11.5. The minimum atomic E-state index is 0.170. The Morgan fingerprint density at radius 1 is 0.923 bits per heavy atom. The van der Waals surface area contributed by atoms with Gasteiger partial charge in [0.1, 0.15) is 6.29 Å². The first-order valence-corrected chi connectivity index (χ1v) is 9.54. The van der Waals surface area contributed by atoms with Crippen LogP contribution in [0.1, 0.15) is 84.7 Å². The average Bonchev–Trinajstić information content (AvgIpc) is 2.62. The van der Waals surface area contributed by atoms with Crippen LogP contribution in [0.5, 0.6) is 0 Å². The minimum absolute atomic E-state index is 0.170. The third-order valence-corrected chi connectivity index (χ3v) is 4.73. The molecule has 2 rings (SSSR count). The second kappa shape index (κ2) is 10.5. The Bertz CT molecular complexity index is 765. The van der Waals surface area contributed by atoms with E-state index in [9.17, 15) is 9.59 Å². The van der Waals surface area contributed by atoms with Crippen molar-refractivity contribution in [2.75, 3.05) is 0 Å². The molecule has 0 aliphatic carbocycles. The van der Waals surface area contributed by atoms with Crippen LogP contribution in [-0.2, 0) is 0 Å². The number of benzene rings is 2. The number of ketones is 1. The second-order valence-corrected chi connectivity index (χ2v) is 7.54. The Labute approximate surface area is 166 Å². The van der Waals surface area contributed by atoms with Crippen LogP contribution in [0.2, 0.25) is 10.0 Å². The number of Topliss-reactive ketones (excluding diaryl/α,β-unsaturated/α-hetero) is 1. The topological polar surface area (TPSA) is 34.1 Å². The van der Waals surface area contributed by atoms with Crippen LogP contribution in [0.25, 0.3) is 0 Å². The molecule has 0 unspecified atom stereocenters. The molecule has 2 aromatic carbocycles. The van der Waals surface area contributed by atoms with Crippen molar-refractivity contribution in [3.8, 4) is 0 Å². The standard InChI is InChI=1S/C12H15ClO.C10H11ClO/c1-4-12(14)9-5-6-11(13)10(7-9)8(2)3;1-7(2)9-5-8(6-12)3-4-10(9)11/h5-8H,4H2,1-3H3;3-7H,1-2H3. The number of carbonyl (C=O) groups is 2. The molecule has 0 spiro atoms. The monoisotopic (exact) mass is 392 g/mol. The lowest BCUT2D eigenvalue weighted by Crippen LogP contribution is -1.99. The molecule has 0 aliphatic rings. The van der Waals surface area contributed by atoms with Crippen LogP contribution in [0.4, 0.5) is 0 Å². The SMILES string of the molecule is CC(C)c1cc(C=O)ccc1Cl.CCC(=O)c1ccc(Cl)c(C(C)C)c1. The Morgan fingerprint density at radius 2 is 1.42 bits per heavy atom. The van der Waals surface area contributed by atoms with Crippen LogP contribution in [0.15, 0.2) is 36.4 Å². The van der Waals surface area contributed by atoms with Crippen molar-refractivity contribution < 1.29 is 9.59 Å². The summed E-state index contributed by atoms with van der Waals surface area (Å²) in [6, 6.07) is 10.8. The van der Waals surface area contributed by atoms with Crippen LogP contribution in [0.3, 0.4) is 0 Å². The summed E-state index contributed by atoms with van der Waals surface area (Å²) in [5.74, 6) is 0.882. The van der Waals surface area contributed by atoms with Crippen LogP contribution in [0, 0.1) is 0 Å². The Kier molecular flexibility index (Phi) is 9.04. The van der Waals surface area contributed by atoms with E-state index in [1.165, 1.54) is 0 Å². The number of halogens is 2. The van der Waals surface area contributed by atoms with E-state index in [2.05, 4.69) is 27.7 Å². The Balaban J connectivity index is 0.000000263. The molecule has 0 bridgehead atoms. The van der Waals surface area contributed by atoms with Gasteiger partial charge in [-0.1, -0.05) is 63.9 Å². The molecule has 0 aliphatic heterocycles. The lowest BCUT2D eigenvalue weighted by atomic mass is 9.98. The van der Waals surface area contributed by atoms with E-state index in [1.807, 2.05) is 19.1 Å². The predicted octanol–water partition coefficient (Wildman–Crippen LogP) is 7.33. The fraction of sp³-hybridized carbons (Fsp3) is 0.364. The van der Waals surface area contributed by atoms with Crippen LogP contribution in [-0.4, -0.2) is 12.1 Å². The van der Waals surface area contributed by atoms with Crippen molar-refractivity contribution in [2.45, 2.75) is 52.9 Å². The van der Waals surface area contributed by atoms with Crippen molar-refractivity contribution >= 4 is 35.3 Å². The van der Waals surface area contributed by atoms with Gasteiger partial charge >= 0.3 is 0 Å². The Hall–Kier alpha value is -1.64. The zero-order chi connectivity index (χ0) is 19.9. The predicted molar refractivity (Wildman–Crippen MR) is 111 cm³/mol. The highest BCUT2D eigenvalue weighted by atomic mass is 35.5.